The molecule has 0 aromatic carbocycles. The number of unbranched alkanes of at least 4 members (excludes halogenated alkanes) is 1. The predicted molar refractivity (Wildman–Crippen MR) is 45.2 cm³/mol. The Labute approximate surface area is 67.4 Å². The van der Waals surface area contributed by atoms with E-state index in [9.17, 15) is 0 Å². The Hall–Kier alpha value is -0.760. The Kier molecular flexibility index (Phi) is 3.17. The lowest BCUT2D eigenvalue weighted by molar-refractivity contribution is 0.549. The number of hydrogen-bond acceptors (Lipinski definition) is 2. The maximum atomic E-state index is 5.87. The van der Waals surface area contributed by atoms with E-state index in [2.05, 4.69) is 6.92 Å². The van der Waals surface area contributed by atoms with Crippen LogP contribution >= 0.6 is 0 Å². The fourth-order valence-corrected chi connectivity index (χ4v) is 1.08. The average molecular weight is 153 g/mol. The number of furan rings is 1. The van der Waals surface area contributed by atoms with Crippen LogP contribution in [0.5, 0.6) is 0 Å². The molecule has 0 radical (unpaired) electrons. The van der Waals surface area contributed by atoms with Crippen molar-refractivity contribution < 1.29 is 4.42 Å². The first-order valence-electron chi connectivity index (χ1n) is 4.12. The zero-order valence-electron chi connectivity index (χ0n) is 6.92. The molecule has 2 N–H and O–H groups in total. The molecule has 0 aliphatic carbocycles. The summed E-state index contributed by atoms with van der Waals surface area (Å²) in [6, 6.07) is 2.09. The third kappa shape index (κ3) is 2.39. The van der Waals surface area contributed by atoms with E-state index in [-0.39, 0.29) is 6.04 Å². The van der Waals surface area contributed by atoms with Crippen molar-refractivity contribution in [2.24, 2.45) is 5.73 Å². The first-order chi connectivity index (χ1) is 5.34. The Morgan fingerprint density at radius 2 is 2.45 bits per heavy atom. The molecule has 0 spiro atoms. The van der Waals surface area contributed by atoms with Crippen molar-refractivity contribution in [3.8, 4) is 0 Å². The quantitative estimate of drug-likeness (QED) is 0.721. The summed E-state index contributed by atoms with van der Waals surface area (Å²) in [5.74, 6) is 0. The van der Waals surface area contributed by atoms with Crippen LogP contribution in [0.15, 0.2) is 23.0 Å². The zero-order chi connectivity index (χ0) is 8.10. The molecule has 0 aliphatic rings. The molecule has 0 saturated carbocycles. The monoisotopic (exact) mass is 153 g/mol. The molecule has 0 amide bonds. The van der Waals surface area contributed by atoms with Crippen molar-refractivity contribution >= 4 is 0 Å². The summed E-state index contributed by atoms with van der Waals surface area (Å²) >= 11 is 0. The molecule has 1 unspecified atom stereocenters. The predicted octanol–water partition coefficient (Wildman–Crippen LogP) is 2.47. The minimum Gasteiger partial charge on any atom is -0.472 e. The highest BCUT2D eigenvalue weighted by molar-refractivity contribution is 5.10. The van der Waals surface area contributed by atoms with E-state index in [0.29, 0.717) is 0 Å². The van der Waals surface area contributed by atoms with E-state index < -0.39 is 0 Å². The molecular weight excluding hydrogens is 138 g/mol. The summed E-state index contributed by atoms with van der Waals surface area (Å²) < 4.78 is 4.94. The van der Waals surface area contributed by atoms with Crippen molar-refractivity contribution in [1.29, 1.82) is 0 Å². The van der Waals surface area contributed by atoms with Gasteiger partial charge in [-0.05, 0) is 12.5 Å². The number of hydrogen-bond donors (Lipinski definition) is 1. The maximum Gasteiger partial charge on any atom is 0.0950 e. The van der Waals surface area contributed by atoms with Crippen LogP contribution in [0.1, 0.15) is 37.8 Å². The molecule has 1 rings (SSSR count). The lowest BCUT2D eigenvalue weighted by Gasteiger charge is -2.06. The zero-order valence-corrected chi connectivity index (χ0v) is 6.92. The fourth-order valence-electron chi connectivity index (χ4n) is 1.08. The van der Waals surface area contributed by atoms with Crippen molar-refractivity contribution in [3.05, 3.63) is 24.2 Å². The topological polar surface area (TPSA) is 39.2 Å². The molecule has 1 aromatic heterocycles. The van der Waals surface area contributed by atoms with E-state index in [4.69, 9.17) is 10.2 Å². The molecule has 1 heterocycles. The SMILES string of the molecule is CCCCC(N)c1ccoc1. The third-order valence-electron chi connectivity index (χ3n) is 1.84. The summed E-state index contributed by atoms with van der Waals surface area (Å²) in [6.07, 6.45) is 6.83. The maximum absolute atomic E-state index is 5.87. The van der Waals surface area contributed by atoms with E-state index in [1.54, 1.807) is 12.5 Å². The standard InChI is InChI=1S/C9H15NO/c1-2-3-4-9(10)8-5-6-11-7-8/h5-7,9H,2-4,10H2,1H3. The summed E-state index contributed by atoms with van der Waals surface area (Å²) in [4.78, 5) is 0. The highest BCUT2D eigenvalue weighted by Gasteiger charge is 2.04. The lowest BCUT2D eigenvalue weighted by Crippen LogP contribution is -2.08. The fraction of sp³-hybridized carbons (Fsp3) is 0.556. The van der Waals surface area contributed by atoms with Gasteiger partial charge < -0.3 is 10.2 Å². The Morgan fingerprint density at radius 1 is 1.64 bits per heavy atom. The van der Waals surface area contributed by atoms with Crippen molar-refractivity contribution in [3.63, 3.8) is 0 Å². The normalized spacial score (nSPS) is 13.3. The first-order valence-corrected chi connectivity index (χ1v) is 4.12. The van der Waals surface area contributed by atoms with Crippen LogP contribution < -0.4 is 5.73 Å². The molecular formula is C9H15NO. The van der Waals surface area contributed by atoms with Gasteiger partial charge in [0, 0.05) is 11.6 Å². The van der Waals surface area contributed by atoms with Gasteiger partial charge in [-0.3, -0.25) is 0 Å². The van der Waals surface area contributed by atoms with Gasteiger partial charge in [-0.1, -0.05) is 19.8 Å². The summed E-state index contributed by atoms with van der Waals surface area (Å²) in [5.41, 5.74) is 6.98. The summed E-state index contributed by atoms with van der Waals surface area (Å²) in [6.45, 7) is 2.17. The van der Waals surface area contributed by atoms with Crippen LogP contribution in [0.25, 0.3) is 0 Å². The van der Waals surface area contributed by atoms with Crippen molar-refractivity contribution in [2.75, 3.05) is 0 Å². The highest BCUT2D eigenvalue weighted by Crippen LogP contribution is 2.16. The molecule has 1 aromatic rings. The van der Waals surface area contributed by atoms with Gasteiger partial charge in [-0.2, -0.15) is 0 Å². The van der Waals surface area contributed by atoms with Crippen molar-refractivity contribution in [1.82, 2.24) is 0 Å². The van der Waals surface area contributed by atoms with Crippen LogP contribution in [0.2, 0.25) is 0 Å². The second kappa shape index (κ2) is 4.19. The smallest absolute Gasteiger partial charge is 0.0950 e. The molecule has 0 fully saturated rings. The Balaban J connectivity index is 2.36. The van der Waals surface area contributed by atoms with E-state index in [1.807, 2.05) is 6.07 Å². The van der Waals surface area contributed by atoms with Crippen LogP contribution in [0.4, 0.5) is 0 Å². The van der Waals surface area contributed by atoms with Crippen LogP contribution in [-0.2, 0) is 0 Å². The number of nitrogens with two attached hydrogens (primary N) is 1. The Bertz CT molecular complexity index is 181. The van der Waals surface area contributed by atoms with Crippen LogP contribution in [-0.4, -0.2) is 0 Å². The van der Waals surface area contributed by atoms with Gasteiger partial charge in [0.2, 0.25) is 0 Å². The van der Waals surface area contributed by atoms with Gasteiger partial charge >= 0.3 is 0 Å². The summed E-state index contributed by atoms with van der Waals surface area (Å²) in [7, 11) is 0. The molecule has 0 aliphatic heterocycles. The second-order valence-corrected chi connectivity index (χ2v) is 2.81. The third-order valence-corrected chi connectivity index (χ3v) is 1.84. The minimum atomic E-state index is 0.161. The van der Waals surface area contributed by atoms with Crippen LogP contribution in [0, 0.1) is 0 Å². The van der Waals surface area contributed by atoms with E-state index in [0.717, 1.165) is 12.0 Å². The van der Waals surface area contributed by atoms with Gasteiger partial charge in [0.05, 0.1) is 12.5 Å². The summed E-state index contributed by atoms with van der Waals surface area (Å²) in [5, 5.41) is 0. The molecule has 2 heteroatoms. The molecule has 11 heavy (non-hydrogen) atoms. The number of rotatable bonds is 4. The molecule has 62 valence electrons. The van der Waals surface area contributed by atoms with Crippen LogP contribution in [0.3, 0.4) is 0 Å². The Morgan fingerprint density at radius 3 is 3.00 bits per heavy atom. The molecule has 2 nitrogen and oxygen atoms in total. The highest BCUT2D eigenvalue weighted by atomic mass is 16.3. The molecule has 0 bridgehead atoms. The van der Waals surface area contributed by atoms with Gasteiger partial charge in [0.1, 0.15) is 0 Å². The largest absolute Gasteiger partial charge is 0.472 e. The average Bonchev–Trinajstić information content (AvgIpc) is 2.52. The molecule has 0 saturated heterocycles. The van der Waals surface area contributed by atoms with Gasteiger partial charge in [-0.25, -0.2) is 0 Å². The van der Waals surface area contributed by atoms with E-state index >= 15 is 0 Å². The van der Waals surface area contributed by atoms with Crippen molar-refractivity contribution in [2.45, 2.75) is 32.2 Å². The van der Waals surface area contributed by atoms with Gasteiger partial charge in [0.25, 0.3) is 0 Å². The molecule has 1 atom stereocenters. The van der Waals surface area contributed by atoms with Gasteiger partial charge in [-0.15, -0.1) is 0 Å². The lowest BCUT2D eigenvalue weighted by atomic mass is 10.1. The van der Waals surface area contributed by atoms with E-state index in [1.165, 1.54) is 12.8 Å². The first kappa shape index (κ1) is 8.34. The minimum absolute atomic E-state index is 0.161. The van der Waals surface area contributed by atoms with Gasteiger partial charge in [0.15, 0.2) is 0 Å². The second-order valence-electron chi connectivity index (χ2n) is 2.81.